The number of rotatable bonds is 7. The Bertz CT molecular complexity index is 1210. The van der Waals surface area contributed by atoms with E-state index in [4.69, 9.17) is 11.6 Å². The predicted molar refractivity (Wildman–Crippen MR) is 131 cm³/mol. The van der Waals surface area contributed by atoms with Gasteiger partial charge in [0.05, 0.1) is 0 Å². The Morgan fingerprint density at radius 2 is 1.64 bits per heavy atom. The molecule has 1 aliphatic rings. The van der Waals surface area contributed by atoms with Crippen LogP contribution in [0, 0.1) is 5.82 Å². The second-order valence-corrected chi connectivity index (χ2v) is 9.78. The molecular weight excluding hydrogens is 463 g/mol. The molecule has 3 aromatic rings. The number of nitrogens with one attached hydrogen (secondary N) is 1. The van der Waals surface area contributed by atoms with Gasteiger partial charge in [0, 0.05) is 55.0 Å². The van der Waals surface area contributed by atoms with Crippen molar-refractivity contribution >= 4 is 39.2 Å². The summed E-state index contributed by atoms with van der Waals surface area (Å²) in [5, 5.41) is 1.74. The van der Waals surface area contributed by atoms with Crippen molar-refractivity contribution in [3.05, 3.63) is 94.2 Å². The number of hydrogen-bond acceptors (Lipinski definition) is 5. The first-order valence-electron chi connectivity index (χ1n) is 10.5. The lowest BCUT2D eigenvalue weighted by molar-refractivity contribution is 0.590. The minimum atomic E-state index is -3.60. The molecule has 4 rings (SSSR count). The van der Waals surface area contributed by atoms with Crippen LogP contribution in [0.3, 0.4) is 0 Å². The second kappa shape index (κ2) is 10.3. The van der Waals surface area contributed by atoms with Gasteiger partial charge in [-0.2, -0.15) is 0 Å². The minimum Gasteiger partial charge on any atom is -0.368 e. The van der Waals surface area contributed by atoms with Crippen molar-refractivity contribution in [2.24, 2.45) is 0 Å². The zero-order chi connectivity index (χ0) is 23.3. The first-order chi connectivity index (χ1) is 15.9. The highest BCUT2D eigenvalue weighted by molar-refractivity contribution is 7.92. The molecule has 9 heteroatoms. The summed E-state index contributed by atoms with van der Waals surface area (Å²) in [6.07, 6.45) is 3.21. The van der Waals surface area contributed by atoms with Crippen molar-refractivity contribution in [2.75, 3.05) is 36.0 Å². The molecule has 0 bridgehead atoms. The molecule has 0 spiro atoms. The molecule has 2 aromatic carbocycles. The molecule has 1 saturated heterocycles. The molecule has 1 aromatic heterocycles. The molecule has 1 N–H and O–H groups in total. The number of piperazine rings is 1. The summed E-state index contributed by atoms with van der Waals surface area (Å²) in [6.45, 7) is 3.28. The molecule has 0 radical (unpaired) electrons. The first kappa shape index (κ1) is 23.2. The predicted octanol–water partition coefficient (Wildman–Crippen LogP) is 4.29. The molecular formula is C24H24ClFN4O2S. The number of benzene rings is 2. The Balaban J connectivity index is 1.33. The van der Waals surface area contributed by atoms with Crippen molar-refractivity contribution in [3.63, 3.8) is 0 Å². The molecule has 1 aliphatic heterocycles. The third-order valence-corrected chi connectivity index (χ3v) is 6.69. The van der Waals surface area contributed by atoms with Crippen LogP contribution in [0.2, 0.25) is 5.02 Å². The van der Waals surface area contributed by atoms with Crippen molar-refractivity contribution in [3.8, 4) is 0 Å². The lowest BCUT2D eigenvalue weighted by atomic mass is 10.2. The number of pyridine rings is 1. The van der Waals surface area contributed by atoms with Crippen LogP contribution in [0.15, 0.2) is 72.3 Å². The maximum Gasteiger partial charge on any atom is 0.234 e. The summed E-state index contributed by atoms with van der Waals surface area (Å²) in [7, 11) is -3.60. The summed E-state index contributed by atoms with van der Waals surface area (Å²) in [4.78, 5) is 8.83. The second-order valence-electron chi connectivity index (χ2n) is 7.69. The first-order valence-corrected chi connectivity index (χ1v) is 12.4. The van der Waals surface area contributed by atoms with Crippen LogP contribution in [0.4, 0.5) is 15.9 Å². The lowest BCUT2D eigenvalue weighted by Crippen LogP contribution is -2.46. The van der Waals surface area contributed by atoms with E-state index in [1.165, 1.54) is 18.2 Å². The van der Waals surface area contributed by atoms with Gasteiger partial charge >= 0.3 is 0 Å². The standard InChI is InChI=1S/C24H24ClFN4O2S/c25-21-3-1-19(2-4-21)10-16-33(31,32)28-18-20-9-11-27-24(17-20)30-14-12-29(13-15-30)23-7-5-22(26)6-8-23/h1-11,16-17,28H,12-15,18H2/b16-10+. The maximum atomic E-state index is 13.2. The van der Waals surface area contributed by atoms with Crippen molar-refractivity contribution < 1.29 is 12.8 Å². The van der Waals surface area contributed by atoms with Crippen molar-refractivity contribution in [1.29, 1.82) is 0 Å². The van der Waals surface area contributed by atoms with Crippen LogP contribution in [-0.4, -0.2) is 39.6 Å². The molecule has 2 heterocycles. The third kappa shape index (κ3) is 6.54. The fourth-order valence-electron chi connectivity index (χ4n) is 3.56. The van der Waals surface area contributed by atoms with E-state index in [9.17, 15) is 12.8 Å². The van der Waals surface area contributed by atoms with E-state index >= 15 is 0 Å². The number of sulfonamides is 1. The van der Waals surface area contributed by atoms with Gasteiger partial charge in [-0.05, 0) is 65.7 Å². The van der Waals surface area contributed by atoms with E-state index in [-0.39, 0.29) is 12.4 Å². The van der Waals surface area contributed by atoms with E-state index in [2.05, 4.69) is 19.5 Å². The molecule has 1 fully saturated rings. The number of hydrogen-bond donors (Lipinski definition) is 1. The van der Waals surface area contributed by atoms with Crippen LogP contribution in [-0.2, 0) is 16.6 Å². The van der Waals surface area contributed by atoms with Crippen LogP contribution < -0.4 is 14.5 Å². The Morgan fingerprint density at radius 3 is 2.33 bits per heavy atom. The van der Waals surface area contributed by atoms with Crippen molar-refractivity contribution in [1.82, 2.24) is 9.71 Å². The Labute approximate surface area is 198 Å². The number of aromatic nitrogens is 1. The van der Waals surface area contributed by atoms with Gasteiger partial charge in [0.25, 0.3) is 0 Å². The smallest absolute Gasteiger partial charge is 0.234 e. The van der Waals surface area contributed by atoms with Gasteiger partial charge in [-0.25, -0.2) is 22.5 Å². The average molecular weight is 487 g/mol. The highest BCUT2D eigenvalue weighted by Gasteiger charge is 2.18. The summed E-state index contributed by atoms with van der Waals surface area (Å²) < 4.78 is 40.4. The normalized spacial score (nSPS) is 14.7. The van der Waals surface area contributed by atoms with Gasteiger partial charge in [-0.1, -0.05) is 23.7 Å². The maximum absolute atomic E-state index is 13.2. The van der Waals surface area contributed by atoms with Gasteiger partial charge in [0.1, 0.15) is 11.6 Å². The SMILES string of the molecule is O=S(=O)(/C=C/c1ccc(Cl)cc1)NCc1ccnc(N2CCN(c3ccc(F)cc3)CC2)c1. The number of anilines is 2. The Morgan fingerprint density at radius 1 is 0.970 bits per heavy atom. The molecule has 0 atom stereocenters. The van der Waals surface area contributed by atoms with E-state index in [0.717, 1.165) is 54.2 Å². The molecule has 33 heavy (non-hydrogen) atoms. The van der Waals surface area contributed by atoms with Crippen LogP contribution in [0.5, 0.6) is 0 Å². The third-order valence-electron chi connectivity index (χ3n) is 5.39. The topological polar surface area (TPSA) is 65.5 Å². The zero-order valence-corrected chi connectivity index (χ0v) is 19.4. The fourth-order valence-corrected chi connectivity index (χ4v) is 4.49. The van der Waals surface area contributed by atoms with Crippen molar-refractivity contribution in [2.45, 2.75) is 6.54 Å². The summed E-state index contributed by atoms with van der Waals surface area (Å²) in [5.74, 6) is 0.566. The number of halogens is 2. The Hall–Kier alpha value is -2.94. The van der Waals surface area contributed by atoms with Gasteiger partial charge in [0.2, 0.25) is 10.0 Å². The molecule has 172 valence electrons. The van der Waals surface area contributed by atoms with Crippen LogP contribution >= 0.6 is 11.6 Å². The largest absolute Gasteiger partial charge is 0.368 e. The highest BCUT2D eigenvalue weighted by atomic mass is 35.5. The fraction of sp³-hybridized carbons (Fsp3) is 0.208. The van der Waals surface area contributed by atoms with E-state index in [1.54, 1.807) is 48.7 Å². The number of nitrogens with zero attached hydrogens (tertiary/aromatic N) is 3. The van der Waals surface area contributed by atoms with E-state index in [1.807, 2.05) is 6.07 Å². The summed E-state index contributed by atoms with van der Waals surface area (Å²) in [5.41, 5.74) is 2.57. The average Bonchev–Trinajstić information content (AvgIpc) is 2.83. The minimum absolute atomic E-state index is 0.165. The van der Waals surface area contributed by atoms with Gasteiger partial charge < -0.3 is 9.80 Å². The lowest BCUT2D eigenvalue weighted by Gasteiger charge is -2.36. The van der Waals surface area contributed by atoms with Gasteiger partial charge in [0.15, 0.2) is 0 Å². The Kier molecular flexibility index (Phi) is 7.27. The van der Waals surface area contributed by atoms with E-state index < -0.39 is 10.0 Å². The molecule has 0 unspecified atom stereocenters. The molecule has 0 saturated carbocycles. The van der Waals surface area contributed by atoms with Gasteiger partial charge in [-0.15, -0.1) is 0 Å². The molecule has 6 nitrogen and oxygen atoms in total. The monoisotopic (exact) mass is 486 g/mol. The quantitative estimate of drug-likeness (QED) is 0.539. The molecule has 0 aliphatic carbocycles. The zero-order valence-electron chi connectivity index (χ0n) is 17.9. The van der Waals surface area contributed by atoms with Crippen LogP contribution in [0.25, 0.3) is 6.08 Å². The molecule has 0 amide bonds. The van der Waals surface area contributed by atoms with Gasteiger partial charge in [-0.3, -0.25) is 0 Å². The summed E-state index contributed by atoms with van der Waals surface area (Å²) >= 11 is 5.85. The summed E-state index contributed by atoms with van der Waals surface area (Å²) in [6, 6.07) is 17.1. The highest BCUT2D eigenvalue weighted by Crippen LogP contribution is 2.20. The van der Waals surface area contributed by atoms with Crippen LogP contribution in [0.1, 0.15) is 11.1 Å². The van der Waals surface area contributed by atoms with E-state index in [0.29, 0.717) is 5.02 Å².